The number of fused-ring (bicyclic) bond motifs is 8. The van der Waals surface area contributed by atoms with Crippen LogP contribution >= 0.6 is 11.3 Å². The van der Waals surface area contributed by atoms with Gasteiger partial charge in [0.05, 0.1) is 0 Å². The Morgan fingerprint density at radius 3 is 1.57 bits per heavy atom. The minimum absolute atomic E-state index is 1.23. The zero-order valence-electron chi connectivity index (χ0n) is 25.6. The molecule has 47 heavy (non-hydrogen) atoms. The second-order valence-corrected chi connectivity index (χ2v) is 13.4. The van der Waals surface area contributed by atoms with Gasteiger partial charge in [0.15, 0.2) is 0 Å². The van der Waals surface area contributed by atoms with E-state index in [-0.39, 0.29) is 0 Å². The van der Waals surface area contributed by atoms with Crippen molar-refractivity contribution in [1.29, 1.82) is 0 Å². The molecule has 0 aliphatic heterocycles. The lowest BCUT2D eigenvalue weighted by molar-refractivity contribution is 1.64. The predicted molar refractivity (Wildman–Crippen MR) is 206 cm³/mol. The molecule has 0 radical (unpaired) electrons. The van der Waals surface area contributed by atoms with Gasteiger partial charge in [0, 0.05) is 25.6 Å². The summed E-state index contributed by atoms with van der Waals surface area (Å²) in [5.74, 6) is 0. The smallest absolute Gasteiger partial charge is 0.0434 e. The quantitative estimate of drug-likeness (QED) is 0.174. The Morgan fingerprint density at radius 2 is 0.830 bits per heavy atom. The zero-order valence-corrected chi connectivity index (χ0v) is 26.4. The van der Waals surface area contributed by atoms with Gasteiger partial charge in [-0.05, 0) is 89.3 Å². The Balaban J connectivity index is 1.27. The number of hydrogen-bond donors (Lipinski definition) is 0. The topological polar surface area (TPSA) is 0 Å². The van der Waals surface area contributed by atoms with Crippen LogP contribution in [0.5, 0.6) is 0 Å². The number of hydrogen-bond acceptors (Lipinski definition) is 1. The molecule has 0 amide bonds. The standard InChI is InChI=1S/C46H28S/c1-2-17-32-29(13-1)14-12-25-35(32)45-38-22-6-4-20-36(38)44(37-21-5-7-23-39(37)45)31-16-11-15-30(27-31)41-28-42-34-19-9-10-26-43(34)47-46(42)40-24-8-3-18-33(40)41/h1-28H. The van der Waals surface area contributed by atoms with Crippen LogP contribution in [0.4, 0.5) is 0 Å². The summed E-state index contributed by atoms with van der Waals surface area (Å²) in [6, 6.07) is 62.7. The van der Waals surface area contributed by atoms with Crippen molar-refractivity contribution in [1.82, 2.24) is 0 Å². The largest absolute Gasteiger partial charge is 0.135 e. The molecule has 0 fully saturated rings. The second-order valence-electron chi connectivity index (χ2n) is 12.4. The lowest BCUT2D eigenvalue weighted by Crippen LogP contribution is -1.92. The monoisotopic (exact) mass is 612 g/mol. The molecule has 9 aromatic carbocycles. The van der Waals surface area contributed by atoms with Crippen LogP contribution in [0.25, 0.3) is 96.6 Å². The first-order valence-corrected chi connectivity index (χ1v) is 17.0. The average Bonchev–Trinajstić information content (AvgIpc) is 3.52. The molecule has 0 atom stereocenters. The second kappa shape index (κ2) is 10.4. The van der Waals surface area contributed by atoms with Gasteiger partial charge in [0.25, 0.3) is 0 Å². The van der Waals surface area contributed by atoms with Crippen molar-refractivity contribution in [2.75, 3.05) is 0 Å². The van der Waals surface area contributed by atoms with Crippen molar-refractivity contribution in [2.24, 2.45) is 0 Å². The van der Waals surface area contributed by atoms with Crippen molar-refractivity contribution in [3.63, 3.8) is 0 Å². The fraction of sp³-hybridized carbons (Fsp3) is 0. The van der Waals surface area contributed by atoms with E-state index in [0.29, 0.717) is 0 Å². The Morgan fingerprint density at radius 1 is 0.298 bits per heavy atom. The van der Waals surface area contributed by atoms with Crippen LogP contribution < -0.4 is 0 Å². The van der Waals surface area contributed by atoms with E-state index in [4.69, 9.17) is 0 Å². The van der Waals surface area contributed by atoms with E-state index in [1.807, 2.05) is 11.3 Å². The Kier molecular flexibility index (Phi) is 5.85. The molecule has 218 valence electrons. The van der Waals surface area contributed by atoms with Gasteiger partial charge in [-0.2, -0.15) is 0 Å². The van der Waals surface area contributed by atoms with Crippen LogP contribution in [0.1, 0.15) is 0 Å². The molecule has 0 aliphatic rings. The highest BCUT2D eigenvalue weighted by molar-refractivity contribution is 7.26. The number of benzene rings is 9. The van der Waals surface area contributed by atoms with Crippen LogP contribution in [0, 0.1) is 0 Å². The summed E-state index contributed by atoms with van der Waals surface area (Å²) in [6.45, 7) is 0. The van der Waals surface area contributed by atoms with Crippen LogP contribution in [0.2, 0.25) is 0 Å². The molecule has 0 N–H and O–H groups in total. The summed E-state index contributed by atoms with van der Waals surface area (Å²) < 4.78 is 2.70. The highest BCUT2D eigenvalue weighted by Crippen LogP contribution is 2.47. The molecule has 0 aliphatic carbocycles. The summed E-state index contributed by atoms with van der Waals surface area (Å²) >= 11 is 1.90. The predicted octanol–water partition coefficient (Wildman–Crippen LogP) is 13.7. The number of thiophene rings is 1. The minimum Gasteiger partial charge on any atom is -0.135 e. The van der Waals surface area contributed by atoms with Crippen molar-refractivity contribution in [3.05, 3.63) is 170 Å². The van der Waals surface area contributed by atoms with Crippen LogP contribution in [0.15, 0.2) is 170 Å². The first kappa shape index (κ1) is 26.5. The molecular weight excluding hydrogens is 585 g/mol. The zero-order chi connectivity index (χ0) is 30.9. The molecule has 0 saturated carbocycles. The average molecular weight is 613 g/mol. The van der Waals surface area contributed by atoms with Gasteiger partial charge in [-0.3, -0.25) is 0 Å². The molecule has 0 bridgehead atoms. The van der Waals surface area contributed by atoms with E-state index in [1.54, 1.807) is 0 Å². The van der Waals surface area contributed by atoms with Gasteiger partial charge in [-0.15, -0.1) is 11.3 Å². The van der Waals surface area contributed by atoms with E-state index in [0.717, 1.165) is 0 Å². The third-order valence-electron chi connectivity index (χ3n) is 9.84. The third-order valence-corrected chi connectivity index (χ3v) is 11.1. The van der Waals surface area contributed by atoms with Gasteiger partial charge in [0.2, 0.25) is 0 Å². The van der Waals surface area contributed by atoms with Crippen molar-refractivity contribution in [3.8, 4) is 33.4 Å². The maximum atomic E-state index is 2.43. The van der Waals surface area contributed by atoms with E-state index in [1.165, 1.54) is 96.6 Å². The molecule has 0 spiro atoms. The molecule has 1 heterocycles. The fourth-order valence-corrected chi connectivity index (χ4v) is 9.02. The highest BCUT2D eigenvalue weighted by atomic mass is 32.1. The van der Waals surface area contributed by atoms with Gasteiger partial charge in [-0.25, -0.2) is 0 Å². The first-order chi connectivity index (χ1) is 23.3. The fourth-order valence-electron chi connectivity index (χ4n) is 7.80. The lowest BCUT2D eigenvalue weighted by Gasteiger charge is -2.19. The van der Waals surface area contributed by atoms with Crippen LogP contribution in [0.3, 0.4) is 0 Å². The minimum atomic E-state index is 1.23. The Bertz CT molecular complexity index is 2790. The van der Waals surface area contributed by atoms with E-state index in [2.05, 4.69) is 170 Å². The molecule has 1 aromatic heterocycles. The summed E-state index contributed by atoms with van der Waals surface area (Å²) in [6.07, 6.45) is 0. The van der Waals surface area contributed by atoms with Gasteiger partial charge < -0.3 is 0 Å². The maximum Gasteiger partial charge on any atom is 0.0434 e. The number of rotatable bonds is 3. The lowest BCUT2D eigenvalue weighted by atomic mass is 9.84. The molecule has 10 rings (SSSR count). The summed E-state index contributed by atoms with van der Waals surface area (Å²) in [5.41, 5.74) is 7.61. The van der Waals surface area contributed by atoms with Crippen LogP contribution in [-0.2, 0) is 0 Å². The van der Waals surface area contributed by atoms with Crippen LogP contribution in [-0.4, -0.2) is 0 Å². The first-order valence-electron chi connectivity index (χ1n) is 16.2. The summed E-state index contributed by atoms with van der Waals surface area (Å²) in [7, 11) is 0. The van der Waals surface area contributed by atoms with Crippen molar-refractivity contribution < 1.29 is 0 Å². The maximum absolute atomic E-state index is 2.43. The molecule has 0 saturated heterocycles. The van der Waals surface area contributed by atoms with E-state index in [9.17, 15) is 0 Å². The van der Waals surface area contributed by atoms with E-state index < -0.39 is 0 Å². The molecular formula is C46H28S. The third kappa shape index (κ3) is 4.00. The SMILES string of the molecule is c1cc(-c2c3ccccc3c(-c3cccc4ccccc34)c3ccccc23)cc(-c2cc3c4ccccc4sc3c3ccccc23)c1. The molecule has 10 aromatic rings. The molecule has 0 nitrogen and oxygen atoms in total. The normalized spacial score (nSPS) is 11.8. The van der Waals surface area contributed by atoms with Gasteiger partial charge in [0.1, 0.15) is 0 Å². The summed E-state index contributed by atoms with van der Waals surface area (Å²) in [4.78, 5) is 0. The van der Waals surface area contributed by atoms with Gasteiger partial charge in [-0.1, -0.05) is 152 Å². The Hall–Kier alpha value is -5.76. The van der Waals surface area contributed by atoms with Crippen molar-refractivity contribution in [2.45, 2.75) is 0 Å². The highest BCUT2D eigenvalue weighted by Gasteiger charge is 2.19. The van der Waals surface area contributed by atoms with Crippen molar-refractivity contribution >= 4 is 74.6 Å². The van der Waals surface area contributed by atoms with E-state index >= 15 is 0 Å². The Labute approximate surface area is 276 Å². The summed E-state index contributed by atoms with van der Waals surface area (Å²) in [5, 5.41) is 12.9. The molecule has 0 unspecified atom stereocenters. The molecule has 1 heteroatoms. The van der Waals surface area contributed by atoms with Gasteiger partial charge >= 0.3 is 0 Å².